The van der Waals surface area contributed by atoms with Gasteiger partial charge in [0.2, 0.25) is 5.91 Å². The number of thioether (sulfide) groups is 1. The third-order valence-corrected chi connectivity index (χ3v) is 4.84. The fourth-order valence-electron chi connectivity index (χ4n) is 2.63. The minimum atomic E-state index is 0. The Morgan fingerprint density at radius 2 is 2.10 bits per heavy atom. The van der Waals surface area contributed by atoms with Crippen molar-refractivity contribution in [2.24, 2.45) is 11.7 Å². The van der Waals surface area contributed by atoms with E-state index in [4.69, 9.17) is 5.73 Å². The number of hydrogen-bond acceptors (Lipinski definition) is 3. The molecule has 118 valence electrons. The van der Waals surface area contributed by atoms with Gasteiger partial charge in [-0.1, -0.05) is 31.5 Å². The molecule has 2 rings (SSSR count). The average Bonchev–Trinajstić information content (AvgIpc) is 2.46. The van der Waals surface area contributed by atoms with Crippen LogP contribution in [-0.2, 0) is 4.79 Å². The zero-order valence-electron chi connectivity index (χ0n) is 12.5. The summed E-state index contributed by atoms with van der Waals surface area (Å²) >= 11 is 1.79. The molecule has 3 nitrogen and oxygen atoms in total. The third kappa shape index (κ3) is 6.29. The summed E-state index contributed by atoms with van der Waals surface area (Å²) in [5.41, 5.74) is 5.94. The van der Waals surface area contributed by atoms with E-state index in [0.29, 0.717) is 11.8 Å². The summed E-state index contributed by atoms with van der Waals surface area (Å²) in [5.74, 6) is 0.299. The van der Waals surface area contributed by atoms with Crippen LogP contribution < -0.4 is 11.1 Å². The Labute approximate surface area is 137 Å². The first kappa shape index (κ1) is 18.3. The van der Waals surface area contributed by atoms with E-state index in [0.717, 1.165) is 25.7 Å². The van der Waals surface area contributed by atoms with Crippen LogP contribution in [-0.4, -0.2) is 23.7 Å². The highest BCUT2D eigenvalue weighted by atomic mass is 35.5. The topological polar surface area (TPSA) is 55.1 Å². The fraction of sp³-hybridized carbons (Fsp3) is 0.562. The smallest absolute Gasteiger partial charge is 0.223 e. The fourth-order valence-corrected chi connectivity index (χ4v) is 3.57. The van der Waals surface area contributed by atoms with E-state index in [1.807, 2.05) is 18.2 Å². The summed E-state index contributed by atoms with van der Waals surface area (Å²) in [5, 5.41) is 3.45. The summed E-state index contributed by atoms with van der Waals surface area (Å²) in [6, 6.07) is 10.5. The molecule has 0 radical (unpaired) electrons. The van der Waals surface area contributed by atoms with Gasteiger partial charge in [0.25, 0.3) is 0 Å². The van der Waals surface area contributed by atoms with Crippen LogP contribution in [0.2, 0.25) is 0 Å². The summed E-state index contributed by atoms with van der Waals surface area (Å²) < 4.78 is 0. The molecule has 1 aliphatic carbocycles. The Kier molecular flexibility index (Phi) is 8.15. The van der Waals surface area contributed by atoms with Crippen LogP contribution in [0, 0.1) is 5.92 Å². The maximum atomic E-state index is 12.1. The molecule has 1 saturated carbocycles. The molecular formula is C16H25ClN2OS. The summed E-state index contributed by atoms with van der Waals surface area (Å²) in [6.45, 7) is 2.86. The number of halogens is 1. The van der Waals surface area contributed by atoms with Crippen molar-refractivity contribution in [1.29, 1.82) is 0 Å². The van der Waals surface area contributed by atoms with E-state index >= 15 is 0 Å². The highest BCUT2D eigenvalue weighted by Crippen LogP contribution is 2.24. The molecule has 0 bridgehead atoms. The second kappa shape index (κ2) is 9.34. The maximum Gasteiger partial charge on any atom is 0.223 e. The van der Waals surface area contributed by atoms with Crippen LogP contribution in [0.1, 0.15) is 32.6 Å². The lowest BCUT2D eigenvalue weighted by Crippen LogP contribution is -2.39. The van der Waals surface area contributed by atoms with Gasteiger partial charge >= 0.3 is 0 Å². The second-order valence-electron chi connectivity index (χ2n) is 5.61. The Balaban J connectivity index is 0.00000220. The van der Waals surface area contributed by atoms with Crippen molar-refractivity contribution in [2.75, 3.05) is 6.54 Å². The SMILES string of the molecule is CC(CNC(=O)C1CCCC(N)C1)Sc1ccccc1.Cl. The zero-order valence-corrected chi connectivity index (χ0v) is 14.1. The number of carbonyl (C=O) groups excluding carboxylic acids is 1. The van der Waals surface area contributed by atoms with E-state index in [-0.39, 0.29) is 30.3 Å². The molecule has 1 aromatic carbocycles. The predicted octanol–water partition coefficient (Wildman–Crippen LogP) is 3.22. The maximum absolute atomic E-state index is 12.1. The normalized spacial score (nSPS) is 23.0. The second-order valence-corrected chi connectivity index (χ2v) is 7.12. The van der Waals surface area contributed by atoms with Gasteiger partial charge in [-0.3, -0.25) is 4.79 Å². The summed E-state index contributed by atoms with van der Waals surface area (Å²) in [6.07, 6.45) is 3.96. The Hall–Kier alpha value is -0.710. The molecule has 0 heterocycles. The zero-order chi connectivity index (χ0) is 14.4. The highest BCUT2D eigenvalue weighted by Gasteiger charge is 2.25. The van der Waals surface area contributed by atoms with Gasteiger partial charge in [0.1, 0.15) is 0 Å². The number of hydrogen-bond donors (Lipinski definition) is 2. The van der Waals surface area contributed by atoms with E-state index in [2.05, 4.69) is 24.4 Å². The molecule has 0 aromatic heterocycles. The largest absolute Gasteiger partial charge is 0.355 e. The number of rotatable bonds is 5. The van der Waals surface area contributed by atoms with Gasteiger partial charge < -0.3 is 11.1 Å². The Morgan fingerprint density at radius 3 is 2.76 bits per heavy atom. The van der Waals surface area contributed by atoms with Gasteiger partial charge in [0.15, 0.2) is 0 Å². The van der Waals surface area contributed by atoms with Crippen molar-refractivity contribution < 1.29 is 4.79 Å². The third-order valence-electron chi connectivity index (χ3n) is 3.73. The van der Waals surface area contributed by atoms with E-state index in [1.165, 1.54) is 4.90 Å². The predicted molar refractivity (Wildman–Crippen MR) is 92.0 cm³/mol. The minimum absolute atomic E-state index is 0. The number of nitrogens with two attached hydrogens (primary N) is 1. The lowest BCUT2D eigenvalue weighted by Gasteiger charge is -2.26. The van der Waals surface area contributed by atoms with Gasteiger partial charge in [-0.05, 0) is 31.4 Å². The van der Waals surface area contributed by atoms with E-state index in [9.17, 15) is 4.79 Å². The molecule has 5 heteroatoms. The monoisotopic (exact) mass is 328 g/mol. The van der Waals surface area contributed by atoms with Gasteiger partial charge in [-0.25, -0.2) is 0 Å². The molecule has 3 N–H and O–H groups in total. The molecule has 1 amide bonds. The first-order chi connectivity index (χ1) is 9.65. The van der Waals surface area contributed by atoms with Gasteiger partial charge in [0, 0.05) is 28.6 Å². The summed E-state index contributed by atoms with van der Waals surface area (Å²) in [4.78, 5) is 13.4. The lowest BCUT2D eigenvalue weighted by atomic mass is 9.85. The molecule has 1 aromatic rings. The molecule has 3 atom stereocenters. The molecule has 0 spiro atoms. The van der Waals surface area contributed by atoms with Crippen molar-refractivity contribution in [3.05, 3.63) is 30.3 Å². The van der Waals surface area contributed by atoms with Crippen LogP contribution in [0.4, 0.5) is 0 Å². The molecule has 0 saturated heterocycles. The standard InChI is InChI=1S/C16H24N2OS.ClH/c1-12(20-15-8-3-2-4-9-15)11-18-16(19)13-6-5-7-14(17)10-13;/h2-4,8-9,12-14H,5-7,10-11,17H2,1H3,(H,18,19);1H. The molecule has 3 unspecified atom stereocenters. The van der Waals surface area contributed by atoms with Gasteiger partial charge in [-0.2, -0.15) is 0 Å². The molecule has 0 aliphatic heterocycles. The minimum Gasteiger partial charge on any atom is -0.355 e. The Bertz CT molecular complexity index is 430. The van der Waals surface area contributed by atoms with Crippen LogP contribution >= 0.6 is 24.2 Å². The molecule has 1 aliphatic rings. The highest BCUT2D eigenvalue weighted by molar-refractivity contribution is 8.00. The summed E-state index contributed by atoms with van der Waals surface area (Å²) in [7, 11) is 0. The van der Waals surface area contributed by atoms with Crippen LogP contribution in [0.3, 0.4) is 0 Å². The van der Waals surface area contributed by atoms with E-state index < -0.39 is 0 Å². The average molecular weight is 329 g/mol. The molecule has 21 heavy (non-hydrogen) atoms. The van der Waals surface area contributed by atoms with Crippen LogP contribution in [0.25, 0.3) is 0 Å². The van der Waals surface area contributed by atoms with Crippen molar-refractivity contribution in [3.63, 3.8) is 0 Å². The van der Waals surface area contributed by atoms with Crippen molar-refractivity contribution in [2.45, 2.75) is 48.8 Å². The van der Waals surface area contributed by atoms with Crippen LogP contribution in [0.15, 0.2) is 35.2 Å². The lowest BCUT2D eigenvalue weighted by molar-refractivity contribution is -0.126. The van der Waals surface area contributed by atoms with Crippen molar-refractivity contribution >= 4 is 30.1 Å². The first-order valence-corrected chi connectivity index (χ1v) is 8.28. The number of carbonyl (C=O) groups is 1. The van der Waals surface area contributed by atoms with Crippen molar-refractivity contribution in [3.8, 4) is 0 Å². The molecule has 1 fully saturated rings. The van der Waals surface area contributed by atoms with Crippen molar-refractivity contribution in [1.82, 2.24) is 5.32 Å². The first-order valence-electron chi connectivity index (χ1n) is 7.40. The molecular weight excluding hydrogens is 304 g/mol. The van der Waals surface area contributed by atoms with Crippen LogP contribution in [0.5, 0.6) is 0 Å². The number of nitrogens with one attached hydrogen (secondary N) is 1. The van der Waals surface area contributed by atoms with Gasteiger partial charge in [-0.15, -0.1) is 24.2 Å². The quantitative estimate of drug-likeness (QED) is 0.816. The van der Waals surface area contributed by atoms with E-state index in [1.54, 1.807) is 11.8 Å². The number of benzene rings is 1. The number of amides is 1. The Morgan fingerprint density at radius 1 is 1.38 bits per heavy atom. The van der Waals surface area contributed by atoms with Gasteiger partial charge in [0.05, 0.1) is 0 Å².